The van der Waals surface area contributed by atoms with Crippen LogP contribution in [0.25, 0.3) is 5.57 Å². The van der Waals surface area contributed by atoms with E-state index in [1.807, 2.05) is 30.4 Å². The normalized spacial score (nSPS) is 12.0. The molecule has 1 heteroatoms. The molecule has 0 aliphatic rings. The van der Waals surface area contributed by atoms with Crippen molar-refractivity contribution in [2.45, 2.75) is 11.8 Å². The summed E-state index contributed by atoms with van der Waals surface area (Å²) in [4.78, 5) is 1.01. The fourth-order valence-electron chi connectivity index (χ4n) is 1.18. The van der Waals surface area contributed by atoms with E-state index in [4.69, 9.17) is 0 Å². The summed E-state index contributed by atoms with van der Waals surface area (Å²) in [5, 5.41) is 0. The first kappa shape index (κ1) is 10.9. The van der Waals surface area contributed by atoms with Gasteiger partial charge < -0.3 is 0 Å². The predicted octanol–water partition coefficient (Wildman–Crippen LogP) is 4.12. The minimum atomic E-state index is 1.01. The molecule has 1 aromatic rings. The highest BCUT2D eigenvalue weighted by Crippen LogP contribution is 2.21. The van der Waals surface area contributed by atoms with Crippen LogP contribution in [0.4, 0.5) is 0 Å². The lowest BCUT2D eigenvalue weighted by molar-refractivity contribution is 1.39. The molecule has 0 nitrogen and oxygen atoms in total. The monoisotopic (exact) mass is 202 g/mol. The molecule has 0 saturated carbocycles. The second-order valence-corrected chi connectivity index (χ2v) is 3.47. The van der Waals surface area contributed by atoms with E-state index in [0.717, 1.165) is 4.90 Å². The van der Waals surface area contributed by atoms with Crippen LogP contribution in [0.3, 0.4) is 0 Å². The number of allylic oxidation sites excluding steroid dienone is 5. The number of hydrogen-bond acceptors (Lipinski definition) is 1. The van der Waals surface area contributed by atoms with Crippen molar-refractivity contribution < 1.29 is 0 Å². The van der Waals surface area contributed by atoms with Gasteiger partial charge in [0.05, 0.1) is 0 Å². The van der Waals surface area contributed by atoms with Crippen molar-refractivity contribution in [3.05, 3.63) is 60.7 Å². The molecule has 0 atom stereocenters. The molecule has 0 aliphatic heterocycles. The zero-order chi connectivity index (χ0) is 10.4. The summed E-state index contributed by atoms with van der Waals surface area (Å²) < 4.78 is 0. The van der Waals surface area contributed by atoms with Gasteiger partial charge in [-0.1, -0.05) is 49.1 Å². The Labute approximate surface area is 91.1 Å². The third kappa shape index (κ3) is 2.93. The molecule has 0 aromatic heterocycles. The largest absolute Gasteiger partial charge is 0.143 e. The van der Waals surface area contributed by atoms with Gasteiger partial charge in [-0.2, -0.15) is 0 Å². The van der Waals surface area contributed by atoms with Crippen LogP contribution in [0.15, 0.2) is 60.0 Å². The first-order chi connectivity index (χ1) is 6.75. The van der Waals surface area contributed by atoms with Gasteiger partial charge in [-0.3, -0.25) is 0 Å². The van der Waals surface area contributed by atoms with E-state index in [2.05, 4.69) is 38.3 Å². The van der Waals surface area contributed by atoms with E-state index in [0.29, 0.717) is 0 Å². The maximum absolute atomic E-state index is 4.40. The van der Waals surface area contributed by atoms with Gasteiger partial charge in [-0.15, -0.1) is 12.6 Å². The van der Waals surface area contributed by atoms with Gasteiger partial charge in [0.15, 0.2) is 0 Å². The minimum Gasteiger partial charge on any atom is -0.143 e. The van der Waals surface area contributed by atoms with Crippen LogP contribution in [0.5, 0.6) is 0 Å². The Bertz CT molecular complexity index is 373. The van der Waals surface area contributed by atoms with Crippen molar-refractivity contribution in [2.24, 2.45) is 0 Å². The fourth-order valence-corrected chi connectivity index (χ4v) is 1.51. The Morgan fingerprint density at radius 3 is 2.64 bits per heavy atom. The maximum atomic E-state index is 4.40. The van der Waals surface area contributed by atoms with Crippen LogP contribution in [0.1, 0.15) is 12.5 Å². The van der Waals surface area contributed by atoms with Gasteiger partial charge in [0.25, 0.3) is 0 Å². The SMILES string of the molecule is C=C/C=C\C=C(/C)c1ccccc1S. The van der Waals surface area contributed by atoms with Gasteiger partial charge in [0.1, 0.15) is 0 Å². The molecule has 14 heavy (non-hydrogen) atoms. The second kappa shape index (κ2) is 5.51. The standard InChI is InChI=1S/C13H14S/c1-3-4-5-8-11(2)12-9-6-7-10-13(12)14/h3-10,14H,1H2,2H3/b5-4-,11-8+. The van der Waals surface area contributed by atoms with Gasteiger partial charge in [-0.05, 0) is 24.1 Å². The Kier molecular flexibility index (Phi) is 4.27. The molecular weight excluding hydrogens is 188 g/mol. The van der Waals surface area contributed by atoms with Crippen LogP contribution in [0.2, 0.25) is 0 Å². The predicted molar refractivity (Wildman–Crippen MR) is 66.7 cm³/mol. The highest BCUT2D eigenvalue weighted by Gasteiger charge is 1.97. The Morgan fingerprint density at radius 1 is 1.29 bits per heavy atom. The van der Waals surface area contributed by atoms with Crippen molar-refractivity contribution in [3.8, 4) is 0 Å². The minimum absolute atomic E-state index is 1.01. The summed E-state index contributed by atoms with van der Waals surface area (Å²) in [7, 11) is 0. The Balaban J connectivity index is 2.94. The molecule has 0 bridgehead atoms. The smallest absolute Gasteiger partial charge is 0.0115 e. The summed E-state index contributed by atoms with van der Waals surface area (Å²) in [5.41, 5.74) is 2.37. The lowest BCUT2D eigenvalue weighted by Gasteiger charge is -2.03. The van der Waals surface area contributed by atoms with Crippen LogP contribution in [-0.4, -0.2) is 0 Å². The van der Waals surface area contributed by atoms with E-state index in [9.17, 15) is 0 Å². The molecule has 0 amide bonds. The van der Waals surface area contributed by atoms with Crippen LogP contribution < -0.4 is 0 Å². The van der Waals surface area contributed by atoms with Crippen molar-refractivity contribution in [1.29, 1.82) is 0 Å². The van der Waals surface area contributed by atoms with Crippen LogP contribution >= 0.6 is 12.6 Å². The zero-order valence-corrected chi connectivity index (χ0v) is 9.17. The molecule has 1 aromatic carbocycles. The molecule has 1 rings (SSSR count). The van der Waals surface area contributed by atoms with Gasteiger partial charge in [-0.25, -0.2) is 0 Å². The summed E-state index contributed by atoms with van der Waals surface area (Å²) in [5.74, 6) is 0. The fraction of sp³-hybridized carbons (Fsp3) is 0.0769. The van der Waals surface area contributed by atoms with E-state index in [1.54, 1.807) is 6.08 Å². The average Bonchev–Trinajstić information content (AvgIpc) is 2.18. The van der Waals surface area contributed by atoms with Gasteiger partial charge in [0.2, 0.25) is 0 Å². The van der Waals surface area contributed by atoms with Crippen LogP contribution in [0, 0.1) is 0 Å². The van der Waals surface area contributed by atoms with E-state index < -0.39 is 0 Å². The highest BCUT2D eigenvalue weighted by atomic mass is 32.1. The molecule has 0 aliphatic carbocycles. The zero-order valence-electron chi connectivity index (χ0n) is 8.27. The van der Waals surface area contributed by atoms with Gasteiger partial charge >= 0.3 is 0 Å². The Morgan fingerprint density at radius 2 is 2.00 bits per heavy atom. The first-order valence-electron chi connectivity index (χ1n) is 4.50. The molecule has 0 heterocycles. The van der Waals surface area contributed by atoms with E-state index >= 15 is 0 Å². The quantitative estimate of drug-likeness (QED) is 0.553. The Hall–Kier alpha value is -1.21. The third-order valence-electron chi connectivity index (χ3n) is 1.92. The lowest BCUT2D eigenvalue weighted by Crippen LogP contribution is -1.80. The molecule has 0 saturated heterocycles. The number of rotatable bonds is 3. The summed E-state index contributed by atoms with van der Waals surface area (Å²) >= 11 is 4.40. The van der Waals surface area contributed by atoms with Crippen LogP contribution in [-0.2, 0) is 0 Å². The van der Waals surface area contributed by atoms with E-state index in [-0.39, 0.29) is 0 Å². The summed E-state index contributed by atoms with van der Waals surface area (Å²) in [6.45, 7) is 5.69. The maximum Gasteiger partial charge on any atom is 0.0115 e. The molecule has 0 unspecified atom stereocenters. The number of hydrogen-bond donors (Lipinski definition) is 1. The highest BCUT2D eigenvalue weighted by molar-refractivity contribution is 7.80. The summed E-state index contributed by atoms with van der Waals surface area (Å²) in [6.07, 6.45) is 7.69. The number of benzene rings is 1. The average molecular weight is 202 g/mol. The molecular formula is C13H14S. The molecule has 72 valence electrons. The second-order valence-electron chi connectivity index (χ2n) is 2.99. The van der Waals surface area contributed by atoms with Gasteiger partial charge in [0, 0.05) is 4.90 Å². The first-order valence-corrected chi connectivity index (χ1v) is 4.95. The number of thiol groups is 1. The molecule has 0 radical (unpaired) electrons. The van der Waals surface area contributed by atoms with Crippen molar-refractivity contribution >= 4 is 18.2 Å². The molecule has 0 N–H and O–H groups in total. The van der Waals surface area contributed by atoms with Crippen molar-refractivity contribution in [1.82, 2.24) is 0 Å². The molecule has 0 fully saturated rings. The van der Waals surface area contributed by atoms with E-state index in [1.165, 1.54) is 11.1 Å². The molecule has 0 spiro atoms. The lowest BCUT2D eigenvalue weighted by atomic mass is 10.1. The summed E-state index contributed by atoms with van der Waals surface area (Å²) in [6, 6.07) is 8.06. The van der Waals surface area contributed by atoms with Crippen molar-refractivity contribution in [3.63, 3.8) is 0 Å². The topological polar surface area (TPSA) is 0 Å². The van der Waals surface area contributed by atoms with Crippen molar-refractivity contribution in [2.75, 3.05) is 0 Å². The third-order valence-corrected chi connectivity index (χ3v) is 2.31.